The van der Waals surface area contributed by atoms with Crippen LogP contribution in [0.15, 0.2) is 64.3 Å². The van der Waals surface area contributed by atoms with Crippen LogP contribution in [0.25, 0.3) is 11.0 Å². The number of likely N-dealkylation sites (N-methyl/N-ethyl adjacent to an activating group) is 1. The van der Waals surface area contributed by atoms with Gasteiger partial charge >= 0.3 is 0 Å². The van der Waals surface area contributed by atoms with Crippen molar-refractivity contribution in [3.63, 3.8) is 0 Å². The Morgan fingerprint density at radius 3 is 2.54 bits per heavy atom. The maximum absolute atomic E-state index is 13.0. The number of anilines is 1. The Balaban J connectivity index is 2.00. The second-order valence-electron chi connectivity index (χ2n) is 6.61. The number of fused-ring (bicyclic) bond motifs is 3. The normalized spacial score (nSPS) is 16.4. The van der Waals surface area contributed by atoms with E-state index in [-0.39, 0.29) is 11.9 Å². The van der Waals surface area contributed by atoms with Crippen LogP contribution in [-0.4, -0.2) is 34.5 Å². The van der Waals surface area contributed by atoms with Gasteiger partial charge in [0.1, 0.15) is 0 Å². The Hall–Kier alpha value is -2.60. The van der Waals surface area contributed by atoms with E-state index in [1.54, 1.807) is 19.0 Å². The number of amides is 1. The smallest absolute Gasteiger partial charge is 0.253 e. The molecule has 1 aliphatic rings. The second-order valence-corrected chi connectivity index (χ2v) is 7.53. The molecule has 26 heavy (non-hydrogen) atoms. The number of benzene rings is 2. The summed E-state index contributed by atoms with van der Waals surface area (Å²) in [4.78, 5) is 19.4. The molecule has 1 atom stereocenters. The molecule has 5 nitrogen and oxygen atoms in total. The minimum absolute atomic E-state index is 0.00801. The van der Waals surface area contributed by atoms with E-state index in [1.807, 2.05) is 43.3 Å². The van der Waals surface area contributed by atoms with E-state index in [2.05, 4.69) is 37.9 Å². The highest BCUT2D eigenvalue weighted by molar-refractivity contribution is 9.10. The van der Waals surface area contributed by atoms with Gasteiger partial charge in [0.05, 0.1) is 22.6 Å². The number of rotatable bonds is 2. The van der Waals surface area contributed by atoms with Gasteiger partial charge in [-0.3, -0.25) is 9.36 Å². The first kappa shape index (κ1) is 16.8. The molecule has 2 aromatic carbocycles. The molecule has 1 N–H and O–H groups in total. The van der Waals surface area contributed by atoms with Gasteiger partial charge < -0.3 is 10.2 Å². The number of carbonyl (C=O) groups is 1. The topological polar surface area (TPSA) is 50.2 Å². The average molecular weight is 411 g/mol. The molecule has 0 saturated carbocycles. The van der Waals surface area contributed by atoms with Crippen LogP contribution in [0.3, 0.4) is 0 Å². The molecule has 1 aliphatic heterocycles. The van der Waals surface area contributed by atoms with Crippen molar-refractivity contribution in [2.24, 2.45) is 0 Å². The molecule has 0 bridgehead atoms. The third kappa shape index (κ3) is 2.61. The van der Waals surface area contributed by atoms with E-state index in [4.69, 9.17) is 4.98 Å². The largest absolute Gasteiger partial charge is 0.345 e. The Morgan fingerprint density at radius 1 is 1.15 bits per heavy atom. The molecule has 0 fully saturated rings. The molecule has 1 aromatic heterocycles. The van der Waals surface area contributed by atoms with Crippen molar-refractivity contribution in [1.82, 2.24) is 14.5 Å². The molecule has 4 rings (SSSR count). The first-order valence-corrected chi connectivity index (χ1v) is 9.18. The van der Waals surface area contributed by atoms with Crippen molar-refractivity contribution in [3.05, 3.63) is 69.8 Å². The highest BCUT2D eigenvalue weighted by Crippen LogP contribution is 2.39. The van der Waals surface area contributed by atoms with Crippen LogP contribution in [0.2, 0.25) is 0 Å². The Bertz CT molecular complexity index is 1030. The number of hydrogen-bond donors (Lipinski definition) is 1. The van der Waals surface area contributed by atoms with Crippen molar-refractivity contribution in [1.29, 1.82) is 0 Å². The predicted octanol–water partition coefficient (Wildman–Crippen LogP) is 4.18. The summed E-state index contributed by atoms with van der Waals surface area (Å²) in [5.41, 5.74) is 4.51. The minimum Gasteiger partial charge on any atom is -0.345 e. The maximum Gasteiger partial charge on any atom is 0.253 e. The van der Waals surface area contributed by atoms with Gasteiger partial charge in [0, 0.05) is 24.3 Å². The Labute approximate surface area is 160 Å². The number of allylic oxidation sites excluding steroid dienone is 1. The fourth-order valence-corrected chi connectivity index (χ4v) is 3.71. The van der Waals surface area contributed by atoms with Gasteiger partial charge in [0.15, 0.2) is 0 Å². The summed E-state index contributed by atoms with van der Waals surface area (Å²) in [5, 5.41) is 3.32. The van der Waals surface area contributed by atoms with Crippen molar-refractivity contribution < 1.29 is 4.79 Å². The van der Waals surface area contributed by atoms with Gasteiger partial charge in [-0.2, -0.15) is 0 Å². The van der Waals surface area contributed by atoms with Crippen LogP contribution in [0, 0.1) is 0 Å². The molecule has 1 unspecified atom stereocenters. The molecule has 0 aliphatic carbocycles. The van der Waals surface area contributed by atoms with E-state index < -0.39 is 0 Å². The first-order chi connectivity index (χ1) is 12.5. The van der Waals surface area contributed by atoms with Gasteiger partial charge in [0.2, 0.25) is 5.95 Å². The zero-order valence-electron chi connectivity index (χ0n) is 14.8. The fraction of sp³-hybridized carbons (Fsp3) is 0.200. The van der Waals surface area contributed by atoms with Gasteiger partial charge in [-0.15, -0.1) is 0 Å². The van der Waals surface area contributed by atoms with Crippen molar-refractivity contribution in [2.75, 3.05) is 19.4 Å². The van der Waals surface area contributed by atoms with Crippen molar-refractivity contribution >= 4 is 38.8 Å². The van der Waals surface area contributed by atoms with Crippen LogP contribution < -0.4 is 5.32 Å². The van der Waals surface area contributed by atoms with Crippen molar-refractivity contribution in [2.45, 2.75) is 13.0 Å². The van der Waals surface area contributed by atoms with Gasteiger partial charge in [-0.25, -0.2) is 4.98 Å². The first-order valence-electron chi connectivity index (χ1n) is 8.39. The summed E-state index contributed by atoms with van der Waals surface area (Å²) in [6.07, 6.45) is 0. The Morgan fingerprint density at radius 2 is 1.85 bits per heavy atom. The fourth-order valence-electron chi connectivity index (χ4n) is 3.44. The summed E-state index contributed by atoms with van der Waals surface area (Å²) in [6, 6.07) is 15.9. The lowest BCUT2D eigenvalue weighted by molar-refractivity contribution is -0.125. The lowest BCUT2D eigenvalue weighted by Gasteiger charge is -2.32. The van der Waals surface area contributed by atoms with Crippen LogP contribution in [-0.2, 0) is 4.79 Å². The highest BCUT2D eigenvalue weighted by Gasteiger charge is 2.34. The summed E-state index contributed by atoms with van der Waals surface area (Å²) in [6.45, 7) is 1.94. The van der Waals surface area contributed by atoms with E-state index in [9.17, 15) is 4.79 Å². The molecular weight excluding hydrogens is 392 g/mol. The zero-order valence-corrected chi connectivity index (χ0v) is 16.4. The number of carbonyl (C=O) groups excluding carboxylic acids is 1. The summed E-state index contributed by atoms with van der Waals surface area (Å²) in [5.74, 6) is 0.748. The van der Waals surface area contributed by atoms with Crippen molar-refractivity contribution in [3.8, 4) is 0 Å². The molecule has 132 valence electrons. The Kier molecular flexibility index (Phi) is 4.07. The highest BCUT2D eigenvalue weighted by atomic mass is 79.9. The zero-order chi connectivity index (χ0) is 18.4. The number of nitrogens with one attached hydrogen (secondary N) is 1. The van der Waals surface area contributed by atoms with Crippen LogP contribution >= 0.6 is 15.9 Å². The van der Waals surface area contributed by atoms with E-state index in [0.717, 1.165) is 38.3 Å². The van der Waals surface area contributed by atoms with Gasteiger partial charge in [-0.05, 0) is 36.8 Å². The lowest BCUT2D eigenvalue weighted by atomic mass is 9.94. The van der Waals surface area contributed by atoms with Crippen LogP contribution in [0.1, 0.15) is 18.5 Å². The molecule has 0 radical (unpaired) electrons. The summed E-state index contributed by atoms with van der Waals surface area (Å²) < 4.78 is 3.12. The average Bonchev–Trinajstić information content (AvgIpc) is 2.98. The predicted molar refractivity (Wildman–Crippen MR) is 107 cm³/mol. The quantitative estimate of drug-likeness (QED) is 0.689. The number of imidazole rings is 1. The molecule has 3 aromatic rings. The standard InChI is InChI=1S/C20H19BrN4O/c1-12-17(19(26)24(2)3)18(13-8-10-14(21)11-9-13)25-16-7-5-4-6-15(16)23-20(25)22-12/h4-11,18H,1-3H3,(H,22,23). The monoisotopic (exact) mass is 410 g/mol. The van der Waals surface area contributed by atoms with Crippen LogP contribution in [0.4, 0.5) is 5.95 Å². The van der Waals surface area contributed by atoms with E-state index in [0.29, 0.717) is 0 Å². The lowest BCUT2D eigenvalue weighted by Crippen LogP contribution is -2.34. The molecule has 0 saturated heterocycles. The number of hydrogen-bond acceptors (Lipinski definition) is 3. The molecule has 0 spiro atoms. The third-order valence-corrected chi connectivity index (χ3v) is 5.18. The second kappa shape index (κ2) is 6.29. The number of aromatic nitrogens is 2. The number of para-hydroxylation sites is 2. The summed E-state index contributed by atoms with van der Waals surface area (Å²) >= 11 is 3.49. The summed E-state index contributed by atoms with van der Waals surface area (Å²) in [7, 11) is 3.56. The molecule has 6 heteroatoms. The molecular formula is C20H19BrN4O. The number of halogens is 1. The molecule has 2 heterocycles. The van der Waals surface area contributed by atoms with Crippen LogP contribution in [0.5, 0.6) is 0 Å². The minimum atomic E-state index is -0.235. The maximum atomic E-state index is 13.0. The third-order valence-electron chi connectivity index (χ3n) is 4.65. The van der Waals surface area contributed by atoms with E-state index in [1.165, 1.54) is 0 Å². The van der Waals surface area contributed by atoms with E-state index >= 15 is 0 Å². The SMILES string of the molecule is CC1=C(C(=O)N(C)C)C(c2ccc(Br)cc2)n2c(nc3ccccc32)N1. The number of nitrogens with zero attached hydrogens (tertiary/aromatic N) is 3. The van der Waals surface area contributed by atoms with Gasteiger partial charge in [-0.1, -0.05) is 40.2 Å². The molecule has 1 amide bonds. The van der Waals surface area contributed by atoms with Gasteiger partial charge in [0.25, 0.3) is 5.91 Å².